The van der Waals surface area contributed by atoms with Gasteiger partial charge in [-0.05, 0) is 0 Å². The van der Waals surface area contributed by atoms with E-state index in [2.05, 4.69) is 6.57 Å². The van der Waals surface area contributed by atoms with Crippen LogP contribution >= 0.6 is 37.2 Å². The molecule has 0 aliphatic rings. The number of hydrogen-bond acceptors (Lipinski definition) is 1. The van der Waals surface area contributed by atoms with Crippen molar-refractivity contribution in [3.8, 4) is 6.57 Å². The Kier molecular flexibility index (Phi) is 1730. The van der Waals surface area contributed by atoms with Gasteiger partial charge >= 0.3 is 0 Å². The van der Waals surface area contributed by atoms with Crippen LogP contribution in [0.3, 0.4) is 0 Å². The summed E-state index contributed by atoms with van der Waals surface area (Å²) in [5.41, 5.74) is 0. The van der Waals surface area contributed by atoms with Crippen molar-refractivity contribution >= 4 is 54.6 Å². The average Bonchev–Trinajstić information content (AvgIpc) is 1.00. The summed E-state index contributed by atoms with van der Waals surface area (Å²) in [7, 11) is 0. The van der Waals surface area contributed by atoms with Gasteiger partial charge in [0.1, 0.15) is 0 Å². The first kappa shape index (κ1) is 79.4. The molecule has 0 aromatic carbocycles. The molecular weight excluding hydrogens is 223 g/mol. The second-order valence-electron chi connectivity index (χ2n) is 0. The van der Waals surface area contributed by atoms with Crippen molar-refractivity contribution in [2.45, 2.75) is 0 Å². The monoisotopic (exact) mass is 228 g/mol. The topological polar surface area (TPSA) is 23.8 Å². The minimum atomic E-state index is 0. The summed E-state index contributed by atoms with van der Waals surface area (Å²) in [5, 5.41) is 6.50. The molecule has 1 nitrogen and oxygen atoms in total. The van der Waals surface area contributed by atoms with Gasteiger partial charge in [0.2, 0.25) is 0 Å². The SMILES string of the molecule is C#N.Cl.Cl.Cl.[AlH3].[Cu]. The average molecular weight is 230 g/mol. The van der Waals surface area contributed by atoms with E-state index in [0.717, 1.165) is 0 Å². The van der Waals surface area contributed by atoms with Crippen LogP contribution in [0.15, 0.2) is 0 Å². The molecule has 0 bridgehead atoms. The predicted octanol–water partition coefficient (Wildman–Crippen LogP) is 0.219. The molecule has 0 atom stereocenters. The normalized spacial score (nSPS) is 0.286. The third-order valence-corrected chi connectivity index (χ3v) is 0. The number of nitriles is 1. The van der Waals surface area contributed by atoms with Crippen LogP contribution < -0.4 is 0 Å². The van der Waals surface area contributed by atoms with Crippen LogP contribution in [-0.4, -0.2) is 17.4 Å². The molecule has 0 rings (SSSR count). The van der Waals surface area contributed by atoms with Crippen LogP contribution in [-0.2, 0) is 17.1 Å². The van der Waals surface area contributed by atoms with E-state index in [1.165, 1.54) is 0 Å². The summed E-state index contributed by atoms with van der Waals surface area (Å²) < 4.78 is 0. The van der Waals surface area contributed by atoms with E-state index in [4.69, 9.17) is 5.26 Å². The van der Waals surface area contributed by atoms with Gasteiger partial charge in [-0.2, -0.15) is 0 Å². The summed E-state index contributed by atoms with van der Waals surface area (Å²) >= 11 is 0. The fourth-order valence-electron chi connectivity index (χ4n) is 0. The van der Waals surface area contributed by atoms with Crippen LogP contribution in [0.1, 0.15) is 0 Å². The van der Waals surface area contributed by atoms with Crippen molar-refractivity contribution in [3.05, 3.63) is 0 Å². The van der Waals surface area contributed by atoms with Gasteiger partial charge in [0.05, 0.1) is 0 Å². The third kappa shape index (κ3) is 109. The number of nitrogens with zero attached hydrogens (tertiary/aromatic N) is 1. The zero-order valence-corrected chi connectivity index (χ0v) is 5.94. The quantitative estimate of drug-likeness (QED) is 0.546. The van der Waals surface area contributed by atoms with Crippen molar-refractivity contribution in [1.29, 1.82) is 5.26 Å². The van der Waals surface area contributed by atoms with Gasteiger partial charge < -0.3 is 0 Å². The number of rotatable bonds is 0. The van der Waals surface area contributed by atoms with E-state index in [1.807, 2.05) is 0 Å². The molecule has 0 aliphatic heterocycles. The molecule has 7 heavy (non-hydrogen) atoms. The first-order valence-corrected chi connectivity index (χ1v) is 0.258. The molecular formula is CH7AlCl3CuN. The molecule has 0 aliphatic carbocycles. The first-order valence-electron chi connectivity index (χ1n) is 0.258. The zero-order chi connectivity index (χ0) is 2.00. The minimum absolute atomic E-state index is 0. The molecule has 0 fully saturated rings. The molecule has 0 N–H and O–H groups in total. The molecule has 0 saturated carbocycles. The van der Waals surface area contributed by atoms with Gasteiger partial charge in [-0.25, -0.2) is 5.26 Å². The summed E-state index contributed by atoms with van der Waals surface area (Å²) in [4.78, 5) is 0. The molecule has 6 heteroatoms. The van der Waals surface area contributed by atoms with E-state index >= 15 is 0 Å². The van der Waals surface area contributed by atoms with Crippen LogP contribution in [0.2, 0.25) is 0 Å². The van der Waals surface area contributed by atoms with E-state index in [-0.39, 0.29) is 71.7 Å². The smallest absolute Gasteiger partial charge is 0.187 e. The molecule has 51 valence electrons. The van der Waals surface area contributed by atoms with E-state index < -0.39 is 0 Å². The zero-order valence-electron chi connectivity index (χ0n) is 2.55. The molecule has 1 radical (unpaired) electrons. The van der Waals surface area contributed by atoms with Gasteiger partial charge in [-0.1, -0.05) is 0 Å². The number of hydrogen-bond donors (Lipinski definition) is 0. The van der Waals surface area contributed by atoms with Crippen molar-refractivity contribution < 1.29 is 17.1 Å². The van der Waals surface area contributed by atoms with E-state index in [9.17, 15) is 0 Å². The Bertz CT molecular complexity index is 19.7. The largest absolute Gasteiger partial charge is 0.202 e. The maximum absolute atomic E-state index is 6.50. The minimum Gasteiger partial charge on any atom is -0.202 e. The van der Waals surface area contributed by atoms with Gasteiger partial charge in [-0.15, -0.1) is 37.2 Å². The molecule has 0 saturated heterocycles. The second kappa shape index (κ2) is 153. The van der Waals surface area contributed by atoms with E-state index in [0.29, 0.717) is 0 Å². The van der Waals surface area contributed by atoms with Crippen molar-refractivity contribution in [2.75, 3.05) is 0 Å². The Balaban J connectivity index is -0.000000000500. The summed E-state index contributed by atoms with van der Waals surface area (Å²) in [6, 6.07) is 0. The fourth-order valence-corrected chi connectivity index (χ4v) is 0. The molecule has 0 spiro atoms. The fraction of sp³-hybridized carbons (Fsp3) is 0. The van der Waals surface area contributed by atoms with Gasteiger partial charge in [0, 0.05) is 23.6 Å². The van der Waals surface area contributed by atoms with Crippen LogP contribution in [0.5, 0.6) is 0 Å². The van der Waals surface area contributed by atoms with Gasteiger partial charge in [0.25, 0.3) is 0 Å². The van der Waals surface area contributed by atoms with Crippen LogP contribution in [0.25, 0.3) is 0 Å². The molecule has 0 amide bonds. The Morgan fingerprint density at radius 1 is 0.857 bits per heavy atom. The van der Waals surface area contributed by atoms with Crippen LogP contribution in [0.4, 0.5) is 0 Å². The van der Waals surface area contributed by atoms with Crippen molar-refractivity contribution in [2.24, 2.45) is 0 Å². The molecule has 0 heterocycles. The summed E-state index contributed by atoms with van der Waals surface area (Å²) in [6.07, 6.45) is 0. The Labute approximate surface area is 83.1 Å². The third-order valence-electron chi connectivity index (χ3n) is 0. The molecule has 0 aromatic heterocycles. The van der Waals surface area contributed by atoms with E-state index in [1.54, 1.807) is 0 Å². The van der Waals surface area contributed by atoms with Gasteiger partial charge in [0.15, 0.2) is 17.4 Å². The maximum atomic E-state index is 6.50. The summed E-state index contributed by atoms with van der Waals surface area (Å²) in [6.45, 7) is 3.50. The molecule has 0 unspecified atom stereocenters. The standard InChI is InChI=1S/CHN.Al.3ClH.Cu.3H/c1-2;;;;;;;;/h1H;;3*1H;;;;. The Morgan fingerprint density at radius 2 is 0.857 bits per heavy atom. The maximum Gasteiger partial charge on any atom is 0.187 e. The number of halogens is 3. The molecule has 0 aromatic rings. The van der Waals surface area contributed by atoms with Gasteiger partial charge in [-0.3, -0.25) is 0 Å². The second-order valence-corrected chi connectivity index (χ2v) is 0. The van der Waals surface area contributed by atoms with Crippen molar-refractivity contribution in [1.82, 2.24) is 0 Å². The summed E-state index contributed by atoms with van der Waals surface area (Å²) in [5.74, 6) is 0. The van der Waals surface area contributed by atoms with Crippen LogP contribution in [0, 0.1) is 11.8 Å². The first-order chi connectivity index (χ1) is 1.00. The Morgan fingerprint density at radius 3 is 0.857 bits per heavy atom. The van der Waals surface area contributed by atoms with Crippen molar-refractivity contribution in [3.63, 3.8) is 0 Å². The predicted molar refractivity (Wildman–Crippen MR) is 38.4 cm³/mol. The Hall–Kier alpha value is 1.41.